The molecular formula is C25H26N2O5S. The first-order chi connectivity index (χ1) is 15.8. The number of esters is 1. The minimum Gasteiger partial charge on any atom is -0.497 e. The average molecular weight is 467 g/mol. The lowest BCUT2D eigenvalue weighted by Crippen LogP contribution is -2.26. The van der Waals surface area contributed by atoms with Crippen LogP contribution in [0.25, 0.3) is 0 Å². The minimum absolute atomic E-state index is 0.173. The second-order valence-electron chi connectivity index (χ2n) is 7.27. The zero-order valence-electron chi connectivity index (χ0n) is 18.9. The van der Waals surface area contributed by atoms with Crippen LogP contribution >= 0.6 is 11.3 Å². The molecule has 0 fully saturated rings. The second kappa shape index (κ2) is 10.8. The maximum atomic E-state index is 13.0. The molecule has 3 rings (SSSR count). The number of anilines is 1. The van der Waals surface area contributed by atoms with Crippen molar-refractivity contribution in [3.63, 3.8) is 0 Å². The molecular weight excluding hydrogens is 440 g/mol. The number of rotatable bonds is 8. The highest BCUT2D eigenvalue weighted by Crippen LogP contribution is 2.34. The number of nitrogens with one attached hydrogen (secondary N) is 2. The molecule has 1 heterocycles. The molecule has 8 heteroatoms. The smallest absolute Gasteiger partial charge is 0.341 e. The summed E-state index contributed by atoms with van der Waals surface area (Å²) in [4.78, 5) is 38.8. The summed E-state index contributed by atoms with van der Waals surface area (Å²) in [5.41, 5.74) is 1.99. The van der Waals surface area contributed by atoms with Gasteiger partial charge in [-0.2, -0.15) is 0 Å². The summed E-state index contributed by atoms with van der Waals surface area (Å²) in [5, 5.41) is 5.99. The fraction of sp³-hybridized carbons (Fsp3) is 0.240. The fourth-order valence-electron chi connectivity index (χ4n) is 3.27. The highest BCUT2D eigenvalue weighted by atomic mass is 32.1. The predicted molar refractivity (Wildman–Crippen MR) is 128 cm³/mol. The molecule has 0 aliphatic rings. The van der Waals surface area contributed by atoms with Crippen molar-refractivity contribution in [1.29, 1.82) is 0 Å². The van der Waals surface area contributed by atoms with E-state index in [1.807, 2.05) is 37.3 Å². The van der Waals surface area contributed by atoms with Gasteiger partial charge in [0, 0.05) is 5.56 Å². The number of ether oxygens (including phenoxy) is 2. The third-order valence-corrected chi connectivity index (χ3v) is 6.27. The fourth-order valence-corrected chi connectivity index (χ4v) is 4.37. The van der Waals surface area contributed by atoms with E-state index in [0.29, 0.717) is 21.8 Å². The Hall–Kier alpha value is -3.65. The molecule has 0 aliphatic carbocycles. The van der Waals surface area contributed by atoms with Gasteiger partial charge in [0.1, 0.15) is 10.8 Å². The van der Waals surface area contributed by atoms with E-state index >= 15 is 0 Å². The standard InChI is InChI=1S/C25H26N2O5S/c1-5-32-25(30)20-15(2)21(23(29)26-16(3)17-9-7-6-8-10-17)33-24(20)27-22(28)18-11-13-19(31-4)14-12-18/h6-14,16H,5H2,1-4H3,(H,26,29)(H,27,28). The van der Waals surface area contributed by atoms with Gasteiger partial charge in [0.05, 0.1) is 30.2 Å². The maximum Gasteiger partial charge on any atom is 0.341 e. The van der Waals surface area contributed by atoms with Crippen LogP contribution in [0.1, 0.15) is 61.4 Å². The van der Waals surface area contributed by atoms with Crippen molar-refractivity contribution in [2.24, 2.45) is 0 Å². The van der Waals surface area contributed by atoms with Gasteiger partial charge in [-0.05, 0) is 56.2 Å². The number of thiophene rings is 1. The SMILES string of the molecule is CCOC(=O)c1c(NC(=O)c2ccc(OC)cc2)sc(C(=O)NC(C)c2ccccc2)c1C. The van der Waals surface area contributed by atoms with Gasteiger partial charge in [-0.3, -0.25) is 9.59 Å². The zero-order chi connectivity index (χ0) is 24.0. The summed E-state index contributed by atoms with van der Waals surface area (Å²) in [7, 11) is 1.54. The van der Waals surface area contributed by atoms with Gasteiger partial charge in [0.2, 0.25) is 0 Å². The molecule has 0 radical (unpaired) electrons. The van der Waals surface area contributed by atoms with Crippen molar-refractivity contribution in [2.45, 2.75) is 26.8 Å². The number of benzene rings is 2. The highest BCUT2D eigenvalue weighted by Gasteiger charge is 2.27. The molecule has 7 nitrogen and oxygen atoms in total. The molecule has 3 aromatic rings. The molecule has 0 aliphatic heterocycles. The number of hydrogen-bond donors (Lipinski definition) is 2. The molecule has 0 saturated carbocycles. The van der Waals surface area contributed by atoms with Crippen LogP contribution in [0.2, 0.25) is 0 Å². The van der Waals surface area contributed by atoms with Crippen LogP contribution < -0.4 is 15.4 Å². The average Bonchev–Trinajstić information content (AvgIpc) is 3.15. The van der Waals surface area contributed by atoms with E-state index in [2.05, 4.69) is 10.6 Å². The van der Waals surface area contributed by atoms with Crippen LogP contribution in [0.3, 0.4) is 0 Å². The molecule has 0 bridgehead atoms. The number of carbonyl (C=O) groups is 3. The lowest BCUT2D eigenvalue weighted by molar-refractivity contribution is 0.0527. The number of amides is 2. The Morgan fingerprint density at radius 2 is 1.67 bits per heavy atom. The summed E-state index contributed by atoms with van der Waals surface area (Å²) in [6.07, 6.45) is 0. The van der Waals surface area contributed by atoms with Gasteiger partial charge < -0.3 is 20.1 Å². The lowest BCUT2D eigenvalue weighted by Gasteiger charge is -2.14. The van der Waals surface area contributed by atoms with Crippen LogP contribution in [0.5, 0.6) is 5.75 Å². The van der Waals surface area contributed by atoms with Crippen molar-refractivity contribution in [3.05, 3.63) is 81.7 Å². The Kier molecular flexibility index (Phi) is 7.84. The summed E-state index contributed by atoms with van der Waals surface area (Å²) in [6, 6.07) is 15.9. The van der Waals surface area contributed by atoms with Crippen molar-refractivity contribution < 1.29 is 23.9 Å². The first kappa shape index (κ1) is 24.0. The quantitative estimate of drug-likeness (QED) is 0.457. The third-order valence-electron chi connectivity index (χ3n) is 5.06. The predicted octanol–water partition coefficient (Wildman–Crippen LogP) is 4.99. The van der Waals surface area contributed by atoms with Crippen molar-refractivity contribution in [1.82, 2.24) is 5.32 Å². The first-order valence-electron chi connectivity index (χ1n) is 10.5. The molecule has 0 spiro atoms. The van der Waals surface area contributed by atoms with E-state index in [0.717, 1.165) is 16.9 Å². The molecule has 2 amide bonds. The first-order valence-corrected chi connectivity index (χ1v) is 11.3. The number of hydrogen-bond acceptors (Lipinski definition) is 6. The van der Waals surface area contributed by atoms with E-state index in [1.54, 1.807) is 45.2 Å². The van der Waals surface area contributed by atoms with Gasteiger partial charge in [0.15, 0.2) is 0 Å². The van der Waals surface area contributed by atoms with Gasteiger partial charge in [-0.25, -0.2) is 4.79 Å². The summed E-state index contributed by atoms with van der Waals surface area (Å²) >= 11 is 1.05. The van der Waals surface area contributed by atoms with Gasteiger partial charge in [0.25, 0.3) is 11.8 Å². The Labute approximate surface area is 196 Å². The lowest BCUT2D eigenvalue weighted by atomic mass is 10.1. The van der Waals surface area contributed by atoms with Crippen molar-refractivity contribution in [2.75, 3.05) is 19.0 Å². The summed E-state index contributed by atoms with van der Waals surface area (Å²) in [6.45, 7) is 5.43. The van der Waals surface area contributed by atoms with Gasteiger partial charge in [-0.1, -0.05) is 30.3 Å². The zero-order valence-corrected chi connectivity index (χ0v) is 19.7. The monoisotopic (exact) mass is 466 g/mol. The third kappa shape index (κ3) is 5.59. The Morgan fingerprint density at radius 3 is 2.27 bits per heavy atom. The number of methoxy groups -OCH3 is 1. The molecule has 1 aromatic heterocycles. The van der Waals surface area contributed by atoms with Crippen LogP contribution in [-0.2, 0) is 4.74 Å². The largest absolute Gasteiger partial charge is 0.497 e. The van der Waals surface area contributed by atoms with Crippen LogP contribution in [0.15, 0.2) is 54.6 Å². The van der Waals surface area contributed by atoms with Gasteiger partial charge in [-0.15, -0.1) is 11.3 Å². The van der Waals surface area contributed by atoms with Crippen LogP contribution in [-0.4, -0.2) is 31.5 Å². The molecule has 2 aromatic carbocycles. The van der Waals surface area contributed by atoms with E-state index in [-0.39, 0.29) is 29.1 Å². The Bertz CT molecular complexity index is 1140. The van der Waals surface area contributed by atoms with Crippen LogP contribution in [0, 0.1) is 6.92 Å². The number of carbonyl (C=O) groups excluding carboxylic acids is 3. The molecule has 0 saturated heterocycles. The van der Waals surface area contributed by atoms with Crippen molar-refractivity contribution >= 4 is 34.1 Å². The topological polar surface area (TPSA) is 93.7 Å². The second-order valence-corrected chi connectivity index (χ2v) is 8.29. The summed E-state index contributed by atoms with van der Waals surface area (Å²) < 4.78 is 10.3. The molecule has 1 atom stereocenters. The molecule has 2 N–H and O–H groups in total. The maximum absolute atomic E-state index is 13.0. The Balaban J connectivity index is 1.89. The van der Waals surface area contributed by atoms with Crippen molar-refractivity contribution in [3.8, 4) is 5.75 Å². The van der Waals surface area contributed by atoms with E-state index in [1.165, 1.54) is 0 Å². The Morgan fingerprint density at radius 1 is 1.00 bits per heavy atom. The van der Waals surface area contributed by atoms with E-state index in [9.17, 15) is 14.4 Å². The minimum atomic E-state index is -0.591. The highest BCUT2D eigenvalue weighted by molar-refractivity contribution is 7.18. The normalized spacial score (nSPS) is 11.4. The van der Waals surface area contributed by atoms with E-state index in [4.69, 9.17) is 9.47 Å². The summed E-state index contributed by atoms with van der Waals surface area (Å²) in [5.74, 6) is -0.706. The molecule has 172 valence electrons. The molecule has 33 heavy (non-hydrogen) atoms. The van der Waals surface area contributed by atoms with Gasteiger partial charge >= 0.3 is 5.97 Å². The molecule has 1 unspecified atom stereocenters. The van der Waals surface area contributed by atoms with Crippen LogP contribution in [0.4, 0.5) is 5.00 Å². The van der Waals surface area contributed by atoms with E-state index < -0.39 is 11.9 Å².